The van der Waals surface area contributed by atoms with Crippen LogP contribution < -0.4 is 5.43 Å². The number of carbonyl (C=O) groups is 1. The van der Waals surface area contributed by atoms with E-state index in [9.17, 15) is 4.79 Å². The molecule has 1 amide bonds. The minimum absolute atomic E-state index is 0.0214. The molecule has 1 fully saturated rings. The van der Waals surface area contributed by atoms with Gasteiger partial charge in [-0.3, -0.25) is 4.79 Å². The normalized spacial score (nSPS) is 16.8. The van der Waals surface area contributed by atoms with Crippen molar-refractivity contribution in [3.63, 3.8) is 0 Å². The van der Waals surface area contributed by atoms with E-state index in [0.29, 0.717) is 0 Å². The Bertz CT molecular complexity index is 437. The highest BCUT2D eigenvalue weighted by molar-refractivity contribution is 8.00. The molecule has 1 N–H and O–H groups in total. The van der Waals surface area contributed by atoms with Crippen molar-refractivity contribution < 1.29 is 4.79 Å². The third-order valence-corrected chi connectivity index (χ3v) is 4.29. The maximum atomic E-state index is 12.0. The van der Waals surface area contributed by atoms with Gasteiger partial charge < -0.3 is 0 Å². The molecule has 0 unspecified atom stereocenters. The molecular formula is C15H20N2OS. The maximum absolute atomic E-state index is 12.0. The fourth-order valence-corrected chi connectivity index (χ4v) is 2.94. The van der Waals surface area contributed by atoms with Gasteiger partial charge in [-0.05, 0) is 44.7 Å². The molecule has 102 valence electrons. The number of hydrogen-bond acceptors (Lipinski definition) is 3. The number of hydrazone groups is 1. The zero-order valence-electron chi connectivity index (χ0n) is 11.3. The molecule has 3 nitrogen and oxygen atoms in total. The lowest BCUT2D eigenvalue weighted by atomic mass is 9.99. The monoisotopic (exact) mass is 276 g/mol. The van der Waals surface area contributed by atoms with E-state index < -0.39 is 0 Å². The number of rotatable bonds is 4. The average Bonchev–Trinajstić information content (AvgIpc) is 2.47. The van der Waals surface area contributed by atoms with Gasteiger partial charge in [0, 0.05) is 10.6 Å². The van der Waals surface area contributed by atoms with Gasteiger partial charge in [0.05, 0.1) is 5.25 Å². The van der Waals surface area contributed by atoms with Crippen LogP contribution >= 0.6 is 11.8 Å². The highest BCUT2D eigenvalue weighted by Crippen LogP contribution is 2.22. The van der Waals surface area contributed by atoms with Crippen LogP contribution in [-0.2, 0) is 4.79 Å². The summed E-state index contributed by atoms with van der Waals surface area (Å²) in [6.45, 7) is 1.91. The molecule has 1 aromatic rings. The molecule has 1 aromatic carbocycles. The number of nitrogens with zero attached hydrogens (tertiary/aromatic N) is 1. The second kappa shape index (κ2) is 7.34. The first-order chi connectivity index (χ1) is 9.25. The van der Waals surface area contributed by atoms with Crippen LogP contribution in [0.2, 0.25) is 0 Å². The molecule has 0 radical (unpaired) electrons. The first kappa shape index (κ1) is 14.1. The Morgan fingerprint density at radius 3 is 2.58 bits per heavy atom. The number of carbonyl (C=O) groups excluding carboxylic acids is 1. The summed E-state index contributed by atoms with van der Waals surface area (Å²) in [5, 5.41) is 4.12. The number of benzene rings is 1. The van der Waals surface area contributed by atoms with Crippen molar-refractivity contribution in [3.05, 3.63) is 30.3 Å². The standard InChI is InChI=1S/C15H20N2OS/c1-12(19-14-10-6-3-7-11-14)15(18)17-16-13-8-4-2-5-9-13/h3,6-7,10-12H,2,4-5,8-9H2,1H3,(H,17,18)/t12-/m0/s1. The van der Waals surface area contributed by atoms with Crippen molar-refractivity contribution in [2.24, 2.45) is 5.10 Å². The van der Waals surface area contributed by atoms with E-state index in [1.54, 1.807) is 11.8 Å². The van der Waals surface area contributed by atoms with E-state index in [1.165, 1.54) is 19.3 Å². The summed E-state index contributed by atoms with van der Waals surface area (Å²) in [5.74, 6) is -0.0214. The lowest BCUT2D eigenvalue weighted by Crippen LogP contribution is -2.28. The highest BCUT2D eigenvalue weighted by atomic mass is 32.2. The number of amides is 1. The zero-order chi connectivity index (χ0) is 13.5. The summed E-state index contributed by atoms with van der Waals surface area (Å²) in [6, 6.07) is 9.97. The van der Waals surface area contributed by atoms with Crippen LogP contribution in [0.1, 0.15) is 39.0 Å². The van der Waals surface area contributed by atoms with E-state index in [-0.39, 0.29) is 11.2 Å². The fourth-order valence-electron chi connectivity index (χ4n) is 2.05. The van der Waals surface area contributed by atoms with Gasteiger partial charge in [-0.1, -0.05) is 24.6 Å². The topological polar surface area (TPSA) is 41.5 Å². The van der Waals surface area contributed by atoms with Crippen molar-refractivity contribution in [1.82, 2.24) is 5.43 Å². The molecule has 0 saturated heterocycles. The van der Waals surface area contributed by atoms with Gasteiger partial charge in [-0.2, -0.15) is 5.10 Å². The predicted octanol–water partition coefficient (Wildman–Crippen LogP) is 3.60. The highest BCUT2D eigenvalue weighted by Gasteiger charge is 2.14. The quantitative estimate of drug-likeness (QED) is 0.674. The van der Waals surface area contributed by atoms with Gasteiger partial charge in [0.1, 0.15) is 0 Å². The largest absolute Gasteiger partial charge is 0.272 e. The average molecular weight is 276 g/mol. The second-order valence-electron chi connectivity index (χ2n) is 4.79. The van der Waals surface area contributed by atoms with Crippen LogP contribution in [0.3, 0.4) is 0 Å². The molecule has 1 aliphatic carbocycles. The van der Waals surface area contributed by atoms with Crippen molar-refractivity contribution in [2.75, 3.05) is 0 Å². The third-order valence-electron chi connectivity index (χ3n) is 3.18. The zero-order valence-corrected chi connectivity index (χ0v) is 12.1. The van der Waals surface area contributed by atoms with Crippen molar-refractivity contribution in [3.8, 4) is 0 Å². The number of hydrogen-bond donors (Lipinski definition) is 1. The van der Waals surface area contributed by atoms with Gasteiger partial charge in [-0.15, -0.1) is 11.8 Å². The summed E-state index contributed by atoms with van der Waals surface area (Å²) in [4.78, 5) is 13.1. The Morgan fingerprint density at radius 2 is 1.89 bits per heavy atom. The number of nitrogens with one attached hydrogen (secondary N) is 1. The van der Waals surface area contributed by atoms with E-state index in [1.807, 2.05) is 37.3 Å². The Labute approximate surface area is 118 Å². The predicted molar refractivity (Wildman–Crippen MR) is 80.4 cm³/mol. The van der Waals surface area contributed by atoms with Gasteiger partial charge in [0.15, 0.2) is 0 Å². The molecule has 4 heteroatoms. The summed E-state index contributed by atoms with van der Waals surface area (Å²) in [6.07, 6.45) is 5.74. The molecule has 1 atom stereocenters. The van der Waals surface area contributed by atoms with Gasteiger partial charge in [-0.25, -0.2) is 5.43 Å². The molecule has 1 saturated carbocycles. The number of thioether (sulfide) groups is 1. The molecule has 0 bridgehead atoms. The summed E-state index contributed by atoms with van der Waals surface area (Å²) in [7, 11) is 0. The minimum Gasteiger partial charge on any atom is -0.272 e. The van der Waals surface area contributed by atoms with Crippen molar-refractivity contribution in [2.45, 2.75) is 49.2 Å². The van der Waals surface area contributed by atoms with Crippen molar-refractivity contribution in [1.29, 1.82) is 0 Å². The summed E-state index contributed by atoms with van der Waals surface area (Å²) < 4.78 is 0. The molecule has 0 aliphatic heterocycles. The maximum Gasteiger partial charge on any atom is 0.253 e. The molecular weight excluding hydrogens is 256 g/mol. The Kier molecular flexibility index (Phi) is 5.45. The Balaban J connectivity index is 1.82. The van der Waals surface area contributed by atoms with Crippen molar-refractivity contribution >= 4 is 23.4 Å². The lowest BCUT2D eigenvalue weighted by Gasteiger charge is -2.13. The molecule has 2 rings (SSSR count). The molecule has 1 aliphatic rings. The molecule has 0 heterocycles. The minimum atomic E-state index is -0.129. The van der Waals surface area contributed by atoms with Gasteiger partial charge >= 0.3 is 0 Å². The van der Waals surface area contributed by atoms with E-state index >= 15 is 0 Å². The second-order valence-corrected chi connectivity index (χ2v) is 6.20. The van der Waals surface area contributed by atoms with Crippen LogP contribution in [0.25, 0.3) is 0 Å². The molecule has 0 spiro atoms. The summed E-state index contributed by atoms with van der Waals surface area (Å²) in [5.41, 5.74) is 3.84. The Morgan fingerprint density at radius 1 is 1.21 bits per heavy atom. The smallest absolute Gasteiger partial charge is 0.253 e. The van der Waals surface area contributed by atoms with E-state index in [4.69, 9.17) is 0 Å². The van der Waals surface area contributed by atoms with Crippen LogP contribution in [0.5, 0.6) is 0 Å². The Hall–Kier alpha value is -1.29. The molecule has 0 aromatic heterocycles. The molecule has 19 heavy (non-hydrogen) atoms. The third kappa shape index (κ3) is 4.71. The van der Waals surface area contributed by atoms with Crippen LogP contribution in [0.4, 0.5) is 0 Å². The van der Waals surface area contributed by atoms with E-state index in [0.717, 1.165) is 23.4 Å². The van der Waals surface area contributed by atoms with Crippen LogP contribution in [0.15, 0.2) is 40.3 Å². The first-order valence-corrected chi connectivity index (χ1v) is 7.70. The fraction of sp³-hybridized carbons (Fsp3) is 0.467. The lowest BCUT2D eigenvalue weighted by molar-refractivity contribution is -0.120. The summed E-state index contributed by atoms with van der Waals surface area (Å²) >= 11 is 1.56. The SMILES string of the molecule is C[C@H](Sc1ccccc1)C(=O)NN=C1CCCCC1. The van der Waals surface area contributed by atoms with Gasteiger partial charge in [0.2, 0.25) is 0 Å². The van der Waals surface area contributed by atoms with E-state index in [2.05, 4.69) is 10.5 Å². The van der Waals surface area contributed by atoms with Crippen LogP contribution in [-0.4, -0.2) is 16.9 Å². The van der Waals surface area contributed by atoms with Gasteiger partial charge in [0.25, 0.3) is 5.91 Å². The first-order valence-electron chi connectivity index (χ1n) is 6.82. The van der Waals surface area contributed by atoms with Crippen LogP contribution in [0, 0.1) is 0 Å².